The molecule has 1 fully saturated rings. The number of hydrogen-bond donors (Lipinski definition) is 2. The SMILES string of the molecule is O=C(CNc1cnc2c(C(=O)N3CCOCC3)cccn2c1=O)NCc1ccc(F)cc1. The molecule has 0 bridgehead atoms. The van der Waals surface area contributed by atoms with Gasteiger partial charge < -0.3 is 20.3 Å². The summed E-state index contributed by atoms with van der Waals surface area (Å²) >= 11 is 0. The summed E-state index contributed by atoms with van der Waals surface area (Å²) < 4.78 is 19.5. The van der Waals surface area contributed by atoms with E-state index in [4.69, 9.17) is 4.74 Å². The Hall–Kier alpha value is -3.79. The van der Waals surface area contributed by atoms with E-state index in [1.54, 1.807) is 29.2 Å². The van der Waals surface area contributed by atoms with Crippen molar-refractivity contribution in [1.82, 2.24) is 19.6 Å². The van der Waals surface area contributed by atoms with Crippen LogP contribution in [-0.2, 0) is 16.1 Å². The van der Waals surface area contributed by atoms with Gasteiger partial charge in [-0.15, -0.1) is 0 Å². The molecule has 0 radical (unpaired) electrons. The number of nitrogens with one attached hydrogen (secondary N) is 2. The van der Waals surface area contributed by atoms with Crippen molar-refractivity contribution < 1.29 is 18.7 Å². The lowest BCUT2D eigenvalue weighted by Crippen LogP contribution is -2.41. The summed E-state index contributed by atoms with van der Waals surface area (Å²) in [5.41, 5.74) is 1.05. The van der Waals surface area contributed by atoms with Crippen LogP contribution in [0, 0.1) is 5.82 Å². The highest BCUT2D eigenvalue weighted by atomic mass is 19.1. The topological polar surface area (TPSA) is 105 Å². The lowest BCUT2D eigenvalue weighted by Gasteiger charge is -2.27. The number of pyridine rings is 1. The third kappa shape index (κ3) is 4.75. The number of hydrogen-bond acceptors (Lipinski definition) is 6. The van der Waals surface area contributed by atoms with Crippen molar-refractivity contribution in [3.8, 4) is 0 Å². The number of anilines is 1. The minimum atomic E-state index is -0.419. The van der Waals surface area contributed by atoms with Gasteiger partial charge in [-0.05, 0) is 29.8 Å². The Labute approximate surface area is 182 Å². The van der Waals surface area contributed by atoms with E-state index in [1.165, 1.54) is 28.9 Å². The van der Waals surface area contributed by atoms with Gasteiger partial charge in [0.1, 0.15) is 11.5 Å². The predicted octanol–water partition coefficient (Wildman–Crippen LogP) is 1.03. The summed E-state index contributed by atoms with van der Waals surface area (Å²) in [7, 11) is 0. The number of rotatable bonds is 6. The van der Waals surface area contributed by atoms with Gasteiger partial charge in [0.15, 0.2) is 5.65 Å². The average molecular weight is 439 g/mol. The molecule has 3 heterocycles. The number of carbonyl (C=O) groups is 2. The van der Waals surface area contributed by atoms with Crippen molar-refractivity contribution in [2.45, 2.75) is 6.54 Å². The van der Waals surface area contributed by atoms with Crippen LogP contribution >= 0.6 is 0 Å². The fourth-order valence-electron chi connectivity index (χ4n) is 3.37. The molecule has 0 saturated carbocycles. The molecule has 1 aliphatic heterocycles. The molecular formula is C22H22FN5O4. The van der Waals surface area contributed by atoms with Crippen LogP contribution in [0.4, 0.5) is 10.1 Å². The minimum absolute atomic E-state index is 0.135. The third-order valence-electron chi connectivity index (χ3n) is 5.10. The minimum Gasteiger partial charge on any atom is -0.378 e. The second-order valence-corrected chi connectivity index (χ2v) is 7.25. The number of benzene rings is 1. The van der Waals surface area contributed by atoms with Gasteiger partial charge in [0.25, 0.3) is 11.5 Å². The molecule has 1 aromatic carbocycles. The highest BCUT2D eigenvalue weighted by Crippen LogP contribution is 2.13. The number of aromatic nitrogens is 2. The summed E-state index contributed by atoms with van der Waals surface area (Å²) in [6.07, 6.45) is 2.85. The highest BCUT2D eigenvalue weighted by molar-refractivity contribution is 5.99. The number of carbonyl (C=O) groups excluding carboxylic acids is 2. The zero-order valence-electron chi connectivity index (χ0n) is 17.2. The number of fused-ring (bicyclic) bond motifs is 1. The Balaban J connectivity index is 1.44. The zero-order valence-corrected chi connectivity index (χ0v) is 17.2. The van der Waals surface area contributed by atoms with E-state index in [0.717, 1.165) is 5.56 Å². The maximum atomic E-state index is 12.9. The quantitative estimate of drug-likeness (QED) is 0.595. The van der Waals surface area contributed by atoms with Crippen molar-refractivity contribution in [3.05, 3.63) is 76.1 Å². The second kappa shape index (κ2) is 9.56. The molecule has 0 atom stereocenters. The van der Waals surface area contributed by atoms with Gasteiger partial charge in [-0.3, -0.25) is 18.8 Å². The summed E-state index contributed by atoms with van der Waals surface area (Å²) in [6.45, 7) is 2.01. The Bertz CT molecular complexity index is 1190. The molecule has 3 aromatic rings. The molecule has 2 N–H and O–H groups in total. The highest BCUT2D eigenvalue weighted by Gasteiger charge is 2.21. The monoisotopic (exact) mass is 439 g/mol. The van der Waals surface area contributed by atoms with E-state index in [-0.39, 0.29) is 42.1 Å². The summed E-state index contributed by atoms with van der Waals surface area (Å²) in [4.78, 5) is 43.8. The van der Waals surface area contributed by atoms with E-state index in [9.17, 15) is 18.8 Å². The van der Waals surface area contributed by atoms with Gasteiger partial charge in [0, 0.05) is 25.8 Å². The van der Waals surface area contributed by atoms with Gasteiger partial charge in [0.2, 0.25) is 5.91 Å². The lowest BCUT2D eigenvalue weighted by molar-refractivity contribution is -0.119. The van der Waals surface area contributed by atoms with E-state index < -0.39 is 5.56 Å². The van der Waals surface area contributed by atoms with Crippen molar-refractivity contribution in [1.29, 1.82) is 0 Å². The van der Waals surface area contributed by atoms with Crippen molar-refractivity contribution in [3.63, 3.8) is 0 Å². The Morgan fingerprint density at radius 1 is 1.12 bits per heavy atom. The molecule has 2 aromatic heterocycles. The van der Waals surface area contributed by atoms with Crippen LogP contribution in [0.3, 0.4) is 0 Å². The molecule has 4 rings (SSSR count). The number of ether oxygens (including phenoxy) is 1. The van der Waals surface area contributed by atoms with Gasteiger partial charge in [-0.25, -0.2) is 9.37 Å². The van der Waals surface area contributed by atoms with E-state index in [0.29, 0.717) is 31.9 Å². The maximum absolute atomic E-state index is 12.9. The first-order valence-corrected chi connectivity index (χ1v) is 10.2. The van der Waals surface area contributed by atoms with Crippen molar-refractivity contribution >= 4 is 23.1 Å². The molecule has 0 spiro atoms. The molecule has 1 aliphatic rings. The predicted molar refractivity (Wildman–Crippen MR) is 115 cm³/mol. The van der Waals surface area contributed by atoms with Gasteiger partial charge in [-0.1, -0.05) is 12.1 Å². The largest absolute Gasteiger partial charge is 0.378 e. The molecule has 166 valence electrons. The fourth-order valence-corrected chi connectivity index (χ4v) is 3.37. The Kier molecular flexibility index (Phi) is 6.41. The van der Waals surface area contributed by atoms with E-state index in [2.05, 4.69) is 15.6 Å². The molecule has 2 amide bonds. The lowest BCUT2D eigenvalue weighted by atomic mass is 10.2. The first-order valence-electron chi connectivity index (χ1n) is 10.2. The summed E-state index contributed by atoms with van der Waals surface area (Å²) in [5.74, 6) is -0.893. The van der Waals surface area contributed by atoms with Crippen LogP contribution in [0.25, 0.3) is 5.65 Å². The van der Waals surface area contributed by atoms with E-state index in [1.807, 2.05) is 0 Å². The molecule has 1 saturated heterocycles. The van der Waals surface area contributed by atoms with E-state index >= 15 is 0 Å². The maximum Gasteiger partial charge on any atom is 0.281 e. The first kappa shape index (κ1) is 21.4. The molecule has 10 heteroatoms. The Morgan fingerprint density at radius 3 is 2.62 bits per heavy atom. The molecule has 0 aliphatic carbocycles. The third-order valence-corrected chi connectivity index (χ3v) is 5.10. The van der Waals surface area contributed by atoms with Crippen LogP contribution in [-0.4, -0.2) is 58.9 Å². The normalized spacial score (nSPS) is 13.7. The number of halogens is 1. The zero-order chi connectivity index (χ0) is 22.5. The molecule has 0 unspecified atom stereocenters. The van der Waals surface area contributed by atoms with Crippen molar-refractivity contribution in [2.24, 2.45) is 0 Å². The Morgan fingerprint density at radius 2 is 1.88 bits per heavy atom. The number of morpholine rings is 1. The smallest absolute Gasteiger partial charge is 0.281 e. The van der Waals surface area contributed by atoms with Crippen LogP contribution in [0.15, 0.2) is 53.6 Å². The number of amides is 2. The first-order chi connectivity index (χ1) is 15.5. The van der Waals surface area contributed by atoms with Gasteiger partial charge >= 0.3 is 0 Å². The summed E-state index contributed by atoms with van der Waals surface area (Å²) in [6, 6.07) is 9.05. The van der Waals surface area contributed by atoms with Crippen molar-refractivity contribution in [2.75, 3.05) is 38.2 Å². The molecule has 9 nitrogen and oxygen atoms in total. The van der Waals surface area contributed by atoms with Crippen LogP contribution in [0.5, 0.6) is 0 Å². The average Bonchev–Trinajstić information content (AvgIpc) is 2.83. The standard InChI is InChI=1S/C22H22FN5O4/c23-16-5-3-15(4-6-16)12-25-19(29)14-24-18-13-26-20-17(2-1-7-28(20)22(18)31)21(30)27-8-10-32-11-9-27/h1-7,13,24H,8-12,14H2,(H,25,29). The van der Waals surface area contributed by atoms with Gasteiger partial charge in [-0.2, -0.15) is 0 Å². The van der Waals surface area contributed by atoms with Crippen LogP contribution in [0.2, 0.25) is 0 Å². The van der Waals surface area contributed by atoms with Crippen LogP contribution < -0.4 is 16.2 Å². The molecular weight excluding hydrogens is 417 g/mol. The number of nitrogens with zero attached hydrogens (tertiary/aromatic N) is 3. The second-order valence-electron chi connectivity index (χ2n) is 7.25. The van der Waals surface area contributed by atoms with Crippen LogP contribution in [0.1, 0.15) is 15.9 Å². The molecule has 32 heavy (non-hydrogen) atoms. The fraction of sp³-hybridized carbons (Fsp3) is 0.273. The summed E-state index contributed by atoms with van der Waals surface area (Å²) in [5, 5.41) is 5.47. The van der Waals surface area contributed by atoms with Gasteiger partial charge in [0.05, 0.1) is 31.5 Å².